The van der Waals surface area contributed by atoms with Crippen molar-refractivity contribution >= 4 is 27.3 Å². The molecule has 0 aliphatic carbocycles. The van der Waals surface area contributed by atoms with Crippen LogP contribution in [0.2, 0.25) is 0 Å². The number of sulfonamides is 1. The summed E-state index contributed by atoms with van der Waals surface area (Å²) in [4.78, 5) is 16.9. The summed E-state index contributed by atoms with van der Waals surface area (Å²) in [6.07, 6.45) is 1.07. The van der Waals surface area contributed by atoms with Crippen LogP contribution >= 0.6 is 11.3 Å². The Morgan fingerprint density at radius 3 is 2.64 bits per heavy atom. The van der Waals surface area contributed by atoms with Crippen LogP contribution in [0, 0.1) is 13.8 Å². The van der Waals surface area contributed by atoms with Crippen LogP contribution < -0.4 is 10.0 Å². The Hall–Kier alpha value is -1.71. The third kappa shape index (κ3) is 4.39. The number of carbonyl (C=O) groups is 1. The van der Waals surface area contributed by atoms with E-state index in [2.05, 4.69) is 15.0 Å². The Morgan fingerprint density at radius 1 is 1.32 bits per heavy atom. The highest BCUT2D eigenvalue weighted by molar-refractivity contribution is 7.88. The molecule has 7 nitrogen and oxygen atoms in total. The second-order valence-electron chi connectivity index (χ2n) is 4.77. The topological polar surface area (TPSA) is 101 Å². The molecule has 1 amide bonds. The normalized spacial score (nSPS) is 11.6. The summed E-state index contributed by atoms with van der Waals surface area (Å²) in [7, 11) is -3.25. The molecule has 0 atom stereocenters. The minimum atomic E-state index is -3.25. The minimum Gasteiger partial charge on any atom is -0.459 e. The van der Waals surface area contributed by atoms with E-state index >= 15 is 0 Å². The smallest absolute Gasteiger partial charge is 0.263 e. The Balaban J connectivity index is 2.00. The Bertz CT molecular complexity index is 777. The van der Waals surface area contributed by atoms with Gasteiger partial charge in [-0.3, -0.25) is 4.79 Å². The fraction of sp³-hybridized carbons (Fsp3) is 0.385. The van der Waals surface area contributed by atoms with Crippen LogP contribution in [0.5, 0.6) is 0 Å². The molecule has 0 bridgehead atoms. The predicted molar refractivity (Wildman–Crippen MR) is 84.5 cm³/mol. The van der Waals surface area contributed by atoms with E-state index in [1.54, 1.807) is 6.92 Å². The zero-order chi connectivity index (χ0) is 16.3. The van der Waals surface area contributed by atoms with Crippen molar-refractivity contribution < 1.29 is 17.6 Å². The highest BCUT2D eigenvalue weighted by Crippen LogP contribution is 2.29. The first-order valence-electron chi connectivity index (χ1n) is 6.53. The zero-order valence-corrected chi connectivity index (χ0v) is 14.1. The molecular formula is C13H17N3O4S2. The van der Waals surface area contributed by atoms with Crippen molar-refractivity contribution in [1.29, 1.82) is 0 Å². The molecule has 2 aromatic rings. The van der Waals surface area contributed by atoms with E-state index in [-0.39, 0.29) is 19.0 Å². The highest BCUT2D eigenvalue weighted by atomic mass is 32.2. The molecular weight excluding hydrogens is 326 g/mol. The molecule has 0 aromatic carbocycles. The maximum Gasteiger partial charge on any atom is 0.263 e. The lowest BCUT2D eigenvalue weighted by Crippen LogP contribution is -2.34. The van der Waals surface area contributed by atoms with Gasteiger partial charge in [0.2, 0.25) is 10.0 Å². The molecule has 9 heteroatoms. The molecule has 0 saturated carbocycles. The van der Waals surface area contributed by atoms with Crippen LogP contribution in [-0.4, -0.2) is 38.7 Å². The Kier molecular flexibility index (Phi) is 4.99. The number of nitrogens with one attached hydrogen (secondary N) is 2. The number of amides is 1. The number of hydrogen-bond acceptors (Lipinski definition) is 6. The van der Waals surface area contributed by atoms with Crippen molar-refractivity contribution in [3.05, 3.63) is 28.5 Å². The van der Waals surface area contributed by atoms with E-state index in [4.69, 9.17) is 4.42 Å². The van der Waals surface area contributed by atoms with Crippen molar-refractivity contribution in [3.8, 4) is 10.8 Å². The number of carbonyl (C=O) groups excluding carboxylic acids is 1. The van der Waals surface area contributed by atoms with Gasteiger partial charge in [0.25, 0.3) is 5.91 Å². The predicted octanol–water partition coefficient (Wildman–Crippen LogP) is 1.30. The summed E-state index contributed by atoms with van der Waals surface area (Å²) in [5, 5.41) is 3.30. The van der Waals surface area contributed by atoms with Gasteiger partial charge in [-0.25, -0.2) is 18.1 Å². The average molecular weight is 343 g/mol. The van der Waals surface area contributed by atoms with E-state index < -0.39 is 10.0 Å². The lowest BCUT2D eigenvalue weighted by atomic mass is 10.3. The van der Waals surface area contributed by atoms with Gasteiger partial charge in [-0.05, 0) is 26.0 Å². The number of hydrogen-bond donors (Lipinski definition) is 2. The molecule has 0 unspecified atom stereocenters. The van der Waals surface area contributed by atoms with Crippen LogP contribution in [0.4, 0.5) is 0 Å². The first-order valence-corrected chi connectivity index (χ1v) is 9.24. The van der Waals surface area contributed by atoms with Gasteiger partial charge >= 0.3 is 0 Å². The van der Waals surface area contributed by atoms with Gasteiger partial charge in [-0.2, -0.15) is 0 Å². The number of furan rings is 1. The summed E-state index contributed by atoms with van der Waals surface area (Å²) < 4.78 is 29.6. The molecule has 2 N–H and O–H groups in total. The van der Waals surface area contributed by atoms with E-state index in [0.717, 1.165) is 12.0 Å². The second kappa shape index (κ2) is 6.59. The lowest BCUT2D eigenvalue weighted by molar-refractivity contribution is 0.0957. The van der Waals surface area contributed by atoms with E-state index in [1.165, 1.54) is 11.3 Å². The quantitative estimate of drug-likeness (QED) is 0.770. The first-order chi connectivity index (χ1) is 10.3. The molecule has 0 aliphatic rings. The number of nitrogens with zero attached hydrogens (tertiary/aromatic N) is 1. The monoisotopic (exact) mass is 343 g/mol. The minimum absolute atomic E-state index is 0.145. The van der Waals surface area contributed by atoms with Crippen molar-refractivity contribution in [1.82, 2.24) is 15.0 Å². The molecule has 120 valence electrons. The van der Waals surface area contributed by atoms with Crippen LogP contribution in [0.3, 0.4) is 0 Å². The SMILES string of the molecule is Cc1ccc(-c2nc(C)c(C(=O)NCCNS(C)(=O)=O)s2)o1. The molecule has 0 fully saturated rings. The third-order valence-electron chi connectivity index (χ3n) is 2.73. The number of thiazole rings is 1. The van der Waals surface area contributed by atoms with Crippen molar-refractivity contribution in [3.63, 3.8) is 0 Å². The maximum absolute atomic E-state index is 12.1. The van der Waals surface area contributed by atoms with Gasteiger partial charge < -0.3 is 9.73 Å². The summed E-state index contributed by atoms with van der Waals surface area (Å²) in [5.74, 6) is 1.13. The standard InChI is InChI=1S/C13H17N3O4S2/c1-8-4-5-10(20-8)13-16-9(2)11(21-13)12(17)14-6-7-15-22(3,18)19/h4-5,15H,6-7H2,1-3H3,(H,14,17). The van der Waals surface area contributed by atoms with Crippen molar-refractivity contribution in [2.75, 3.05) is 19.3 Å². The van der Waals surface area contributed by atoms with Gasteiger partial charge in [-0.15, -0.1) is 11.3 Å². The van der Waals surface area contributed by atoms with E-state index in [9.17, 15) is 13.2 Å². The molecule has 0 aliphatic heterocycles. The molecule has 0 spiro atoms. The van der Waals surface area contributed by atoms with Crippen LogP contribution in [0.1, 0.15) is 21.1 Å². The van der Waals surface area contributed by atoms with Gasteiger partial charge in [0.05, 0.1) is 11.9 Å². The highest BCUT2D eigenvalue weighted by Gasteiger charge is 2.17. The van der Waals surface area contributed by atoms with Gasteiger partial charge in [0.15, 0.2) is 10.8 Å². The number of aryl methyl sites for hydroxylation is 2. The summed E-state index contributed by atoms with van der Waals surface area (Å²) in [6.45, 7) is 3.94. The van der Waals surface area contributed by atoms with Crippen LogP contribution in [0.15, 0.2) is 16.5 Å². The first kappa shape index (κ1) is 16.7. The number of rotatable bonds is 6. The lowest BCUT2D eigenvalue weighted by Gasteiger charge is -2.04. The summed E-state index contributed by atoms with van der Waals surface area (Å²) >= 11 is 1.24. The van der Waals surface area contributed by atoms with E-state index in [1.807, 2.05) is 19.1 Å². The van der Waals surface area contributed by atoms with Gasteiger partial charge in [-0.1, -0.05) is 0 Å². The fourth-order valence-electron chi connectivity index (χ4n) is 1.75. The van der Waals surface area contributed by atoms with Gasteiger partial charge in [0, 0.05) is 13.1 Å². The Morgan fingerprint density at radius 2 is 2.05 bits per heavy atom. The Labute approximate surface area is 132 Å². The van der Waals surface area contributed by atoms with Crippen molar-refractivity contribution in [2.24, 2.45) is 0 Å². The van der Waals surface area contributed by atoms with Gasteiger partial charge in [0.1, 0.15) is 10.6 Å². The third-order valence-corrected chi connectivity index (χ3v) is 4.63. The zero-order valence-electron chi connectivity index (χ0n) is 12.5. The molecule has 0 radical (unpaired) electrons. The molecule has 22 heavy (non-hydrogen) atoms. The summed E-state index contributed by atoms with van der Waals surface area (Å²) in [6, 6.07) is 3.65. The second-order valence-corrected chi connectivity index (χ2v) is 7.60. The van der Waals surface area contributed by atoms with Crippen molar-refractivity contribution in [2.45, 2.75) is 13.8 Å². The molecule has 2 heterocycles. The maximum atomic E-state index is 12.1. The summed E-state index contributed by atoms with van der Waals surface area (Å²) in [5.41, 5.74) is 0.614. The average Bonchev–Trinajstić information content (AvgIpc) is 2.99. The molecule has 2 rings (SSSR count). The van der Waals surface area contributed by atoms with Crippen LogP contribution in [-0.2, 0) is 10.0 Å². The fourth-order valence-corrected chi connectivity index (χ4v) is 3.17. The number of aromatic nitrogens is 1. The van der Waals surface area contributed by atoms with E-state index in [0.29, 0.717) is 21.3 Å². The van der Waals surface area contributed by atoms with Crippen LogP contribution in [0.25, 0.3) is 10.8 Å². The molecule has 2 aromatic heterocycles. The largest absolute Gasteiger partial charge is 0.459 e. The molecule has 0 saturated heterocycles.